The molecule has 0 spiro atoms. The van der Waals surface area contributed by atoms with Crippen LogP contribution in [0, 0.1) is 18.8 Å². The molecule has 29 heavy (non-hydrogen) atoms. The number of carbonyl (C=O) groups is 3. The van der Waals surface area contributed by atoms with Crippen molar-refractivity contribution in [2.24, 2.45) is 11.8 Å². The largest absolute Gasteiger partial charge is 0.550 e. The van der Waals surface area contributed by atoms with Gasteiger partial charge in [0.15, 0.2) is 0 Å². The van der Waals surface area contributed by atoms with Crippen LogP contribution in [0.25, 0.3) is 0 Å². The lowest BCUT2D eigenvalue weighted by Gasteiger charge is -2.31. The summed E-state index contributed by atoms with van der Waals surface area (Å²) in [5, 5.41) is 17.5. The lowest BCUT2D eigenvalue weighted by Crippen LogP contribution is -2.42. The van der Waals surface area contributed by atoms with Gasteiger partial charge in [0.1, 0.15) is 0 Å². The lowest BCUT2D eigenvalue weighted by atomic mass is 9.78. The Labute approximate surface area is 174 Å². The minimum absolute atomic E-state index is 0.294. The topological polar surface area (TPSA) is 98.3 Å². The number of anilines is 2. The normalized spacial score (nSPS) is 18.7. The van der Waals surface area contributed by atoms with Gasteiger partial charge in [0.05, 0.1) is 0 Å². The Bertz CT molecular complexity index is 927. The molecule has 2 aromatic carbocycles. The Morgan fingerprint density at radius 2 is 1.62 bits per heavy atom. The minimum atomic E-state index is -1.18. The van der Waals surface area contributed by atoms with E-state index >= 15 is 0 Å². The summed E-state index contributed by atoms with van der Waals surface area (Å²) in [6.07, 6.45) is 2.58. The van der Waals surface area contributed by atoms with Gasteiger partial charge in [-0.15, -0.1) is 0 Å². The quantitative estimate of drug-likeness (QED) is 0.784. The summed E-state index contributed by atoms with van der Waals surface area (Å²) in [7, 11) is 0. The van der Waals surface area contributed by atoms with Crippen molar-refractivity contribution >= 4 is 40.8 Å². The van der Waals surface area contributed by atoms with Crippen LogP contribution in [0.15, 0.2) is 42.5 Å². The second-order valence-electron chi connectivity index (χ2n) is 7.30. The summed E-state index contributed by atoms with van der Waals surface area (Å²) in [5.41, 5.74) is 2.34. The molecule has 0 bridgehead atoms. The molecular weight excluding hydrogens is 392 g/mol. The van der Waals surface area contributed by atoms with Crippen molar-refractivity contribution in [2.45, 2.75) is 32.6 Å². The molecule has 0 aromatic heterocycles. The summed E-state index contributed by atoms with van der Waals surface area (Å²) >= 11 is 5.85. The number of benzene rings is 2. The molecule has 2 atom stereocenters. The third-order valence-electron chi connectivity index (χ3n) is 5.27. The highest BCUT2D eigenvalue weighted by Crippen LogP contribution is 2.31. The van der Waals surface area contributed by atoms with Crippen molar-refractivity contribution in [1.29, 1.82) is 0 Å². The number of hydrogen-bond donors (Lipinski definition) is 2. The zero-order chi connectivity index (χ0) is 21.0. The molecule has 0 aliphatic heterocycles. The van der Waals surface area contributed by atoms with Crippen LogP contribution >= 0.6 is 11.6 Å². The molecule has 0 unspecified atom stereocenters. The van der Waals surface area contributed by atoms with Gasteiger partial charge >= 0.3 is 0 Å². The fraction of sp³-hybridized carbons (Fsp3) is 0.318. The number of aryl methyl sites for hydroxylation is 1. The Balaban J connectivity index is 1.73. The Hall–Kier alpha value is -2.86. The molecule has 2 aromatic rings. The first-order valence-electron chi connectivity index (χ1n) is 9.54. The van der Waals surface area contributed by atoms with Crippen molar-refractivity contribution in [3.8, 4) is 0 Å². The molecule has 0 heterocycles. The highest BCUT2D eigenvalue weighted by Gasteiger charge is 2.31. The van der Waals surface area contributed by atoms with Gasteiger partial charge < -0.3 is 20.5 Å². The predicted molar refractivity (Wildman–Crippen MR) is 110 cm³/mol. The van der Waals surface area contributed by atoms with Crippen LogP contribution in [0.4, 0.5) is 11.4 Å². The van der Waals surface area contributed by atoms with E-state index in [0.29, 0.717) is 34.8 Å². The van der Waals surface area contributed by atoms with E-state index in [1.807, 2.05) is 6.92 Å². The van der Waals surface area contributed by atoms with Crippen molar-refractivity contribution in [1.82, 2.24) is 0 Å². The standard InChI is InChI=1S/C22H23ClN2O4/c1-13-6-11-16(24-21(27)17-4-2-3-5-18(17)22(28)29)12-19(13)25-20(26)14-7-9-15(23)10-8-14/h6-12,17-18H,2-5H2,1H3,(H,24,27)(H,25,26)(H,28,29)/p-1/t17-,18+/m0/s1. The number of rotatable bonds is 5. The number of hydrogen-bond acceptors (Lipinski definition) is 4. The van der Waals surface area contributed by atoms with Gasteiger partial charge in [0.25, 0.3) is 5.91 Å². The van der Waals surface area contributed by atoms with Crippen molar-refractivity contribution in [3.05, 3.63) is 58.6 Å². The Kier molecular flexibility index (Phi) is 6.54. The zero-order valence-electron chi connectivity index (χ0n) is 16.0. The molecule has 1 saturated carbocycles. The summed E-state index contributed by atoms with van der Waals surface area (Å²) in [5.74, 6) is -3.18. The van der Waals surface area contributed by atoms with Crippen molar-refractivity contribution in [3.63, 3.8) is 0 Å². The SMILES string of the molecule is Cc1ccc(NC(=O)[C@H]2CCCC[C@H]2C(=O)[O-])cc1NC(=O)c1ccc(Cl)cc1. The molecule has 6 nitrogen and oxygen atoms in total. The summed E-state index contributed by atoms with van der Waals surface area (Å²) in [6, 6.07) is 11.7. The van der Waals surface area contributed by atoms with Crippen LogP contribution in [0.5, 0.6) is 0 Å². The second-order valence-corrected chi connectivity index (χ2v) is 7.73. The zero-order valence-corrected chi connectivity index (χ0v) is 16.8. The highest BCUT2D eigenvalue weighted by molar-refractivity contribution is 6.30. The van der Waals surface area contributed by atoms with E-state index in [4.69, 9.17) is 11.6 Å². The average Bonchev–Trinajstić information content (AvgIpc) is 2.70. The summed E-state index contributed by atoms with van der Waals surface area (Å²) < 4.78 is 0. The van der Waals surface area contributed by atoms with Gasteiger partial charge in [0, 0.05) is 39.8 Å². The molecule has 0 saturated heterocycles. The van der Waals surface area contributed by atoms with Gasteiger partial charge in [-0.2, -0.15) is 0 Å². The monoisotopic (exact) mass is 413 g/mol. The van der Waals surface area contributed by atoms with Gasteiger partial charge in [-0.1, -0.05) is 30.5 Å². The van der Waals surface area contributed by atoms with Crippen LogP contribution in [-0.4, -0.2) is 17.8 Å². The minimum Gasteiger partial charge on any atom is -0.550 e. The third kappa shape index (κ3) is 5.15. The Morgan fingerprint density at radius 1 is 0.966 bits per heavy atom. The van der Waals surface area contributed by atoms with Gasteiger partial charge in [-0.05, 0) is 61.7 Å². The van der Waals surface area contributed by atoms with Crippen LogP contribution in [0.1, 0.15) is 41.6 Å². The van der Waals surface area contributed by atoms with E-state index in [1.54, 1.807) is 42.5 Å². The number of carbonyl (C=O) groups excluding carboxylic acids is 3. The highest BCUT2D eigenvalue weighted by atomic mass is 35.5. The van der Waals surface area contributed by atoms with E-state index in [1.165, 1.54) is 0 Å². The summed E-state index contributed by atoms with van der Waals surface area (Å²) in [4.78, 5) is 36.5. The Morgan fingerprint density at radius 3 is 2.28 bits per heavy atom. The van der Waals surface area contributed by atoms with Crippen molar-refractivity contribution < 1.29 is 19.5 Å². The van der Waals surface area contributed by atoms with Crippen LogP contribution in [0.2, 0.25) is 5.02 Å². The molecule has 7 heteroatoms. The molecule has 0 radical (unpaired) electrons. The van der Waals surface area contributed by atoms with E-state index < -0.39 is 17.8 Å². The fourth-order valence-electron chi connectivity index (χ4n) is 3.59. The number of amides is 2. The number of halogens is 1. The third-order valence-corrected chi connectivity index (χ3v) is 5.52. The smallest absolute Gasteiger partial charge is 0.255 e. The second kappa shape index (κ2) is 9.09. The van der Waals surface area contributed by atoms with Gasteiger partial charge in [0.2, 0.25) is 5.91 Å². The first-order chi connectivity index (χ1) is 13.8. The number of carboxylic acids is 1. The lowest BCUT2D eigenvalue weighted by molar-refractivity contribution is -0.313. The molecule has 152 valence electrons. The molecule has 3 rings (SSSR count). The first kappa shape index (κ1) is 20.9. The number of aliphatic carboxylic acids is 1. The molecular formula is C22H22ClN2O4-. The maximum Gasteiger partial charge on any atom is 0.255 e. The van der Waals surface area contributed by atoms with E-state index in [2.05, 4.69) is 10.6 Å². The maximum absolute atomic E-state index is 12.7. The first-order valence-corrected chi connectivity index (χ1v) is 9.92. The average molecular weight is 414 g/mol. The van der Waals surface area contributed by atoms with Crippen LogP contribution in [-0.2, 0) is 9.59 Å². The van der Waals surface area contributed by atoms with E-state index in [-0.39, 0.29) is 11.8 Å². The summed E-state index contributed by atoms with van der Waals surface area (Å²) in [6.45, 7) is 1.84. The van der Waals surface area contributed by atoms with Crippen LogP contribution < -0.4 is 15.7 Å². The van der Waals surface area contributed by atoms with E-state index in [9.17, 15) is 19.5 Å². The molecule has 1 fully saturated rings. The fourth-order valence-corrected chi connectivity index (χ4v) is 3.72. The molecule has 2 N–H and O–H groups in total. The number of carboxylic acid groups (broad SMARTS) is 1. The van der Waals surface area contributed by atoms with Crippen molar-refractivity contribution in [2.75, 3.05) is 10.6 Å². The number of nitrogens with one attached hydrogen (secondary N) is 2. The maximum atomic E-state index is 12.7. The van der Waals surface area contributed by atoms with Gasteiger partial charge in [-0.3, -0.25) is 9.59 Å². The molecule has 1 aliphatic carbocycles. The van der Waals surface area contributed by atoms with Gasteiger partial charge in [-0.25, -0.2) is 0 Å². The molecule has 1 aliphatic rings. The molecule has 2 amide bonds. The van der Waals surface area contributed by atoms with E-state index in [0.717, 1.165) is 18.4 Å². The predicted octanol–water partition coefficient (Wildman–Crippen LogP) is 3.40. The van der Waals surface area contributed by atoms with Crippen LogP contribution in [0.3, 0.4) is 0 Å².